The molecule has 0 fully saturated rings. The van der Waals surface area contributed by atoms with E-state index in [1.165, 1.54) is 11.1 Å². The van der Waals surface area contributed by atoms with Gasteiger partial charge in [0.05, 0.1) is 0 Å². The van der Waals surface area contributed by atoms with Gasteiger partial charge in [-0.3, -0.25) is 4.99 Å². The molecule has 0 saturated carbocycles. The predicted octanol–water partition coefficient (Wildman–Crippen LogP) is 2.49. The van der Waals surface area contributed by atoms with Crippen LogP contribution in [0, 0.1) is 0 Å². The van der Waals surface area contributed by atoms with Gasteiger partial charge in [-0.2, -0.15) is 0 Å². The van der Waals surface area contributed by atoms with Gasteiger partial charge in [0, 0.05) is 12.1 Å². The molecule has 0 aliphatic rings. The molecule has 0 radical (unpaired) electrons. The first-order valence-electron chi connectivity index (χ1n) is 6.56. The lowest BCUT2D eigenvalue weighted by atomic mass is 10.1. The first kappa shape index (κ1) is 14.6. The third-order valence-corrected chi connectivity index (χ3v) is 2.62. The summed E-state index contributed by atoms with van der Waals surface area (Å²) in [5.74, 6) is 0.521. The minimum absolute atomic E-state index is 0.0314. The van der Waals surface area contributed by atoms with Crippen molar-refractivity contribution in [3.05, 3.63) is 35.4 Å². The SMILES string of the molecule is CCc1ccc(CCN=C(N)NC(C)(C)C)cc1. The van der Waals surface area contributed by atoms with Crippen LogP contribution in [0.3, 0.4) is 0 Å². The number of aliphatic imine (C=N–C) groups is 1. The normalized spacial score (nSPS) is 12.6. The van der Waals surface area contributed by atoms with Gasteiger partial charge in [-0.25, -0.2) is 0 Å². The summed E-state index contributed by atoms with van der Waals surface area (Å²) in [5, 5.41) is 3.15. The molecule has 0 amide bonds. The zero-order chi connectivity index (χ0) is 13.6. The highest BCUT2D eigenvalue weighted by molar-refractivity contribution is 5.78. The number of aryl methyl sites for hydroxylation is 1. The van der Waals surface area contributed by atoms with Gasteiger partial charge in [-0.1, -0.05) is 31.2 Å². The molecule has 0 unspecified atom stereocenters. The van der Waals surface area contributed by atoms with Gasteiger partial charge in [0.15, 0.2) is 5.96 Å². The molecule has 0 saturated heterocycles. The Bertz CT molecular complexity index is 385. The van der Waals surface area contributed by atoms with Crippen LogP contribution in [0.25, 0.3) is 0 Å². The number of nitrogens with zero attached hydrogens (tertiary/aromatic N) is 1. The summed E-state index contributed by atoms with van der Waals surface area (Å²) in [7, 11) is 0. The summed E-state index contributed by atoms with van der Waals surface area (Å²) in [6.07, 6.45) is 2.01. The van der Waals surface area contributed by atoms with Crippen molar-refractivity contribution in [1.82, 2.24) is 5.32 Å². The largest absolute Gasteiger partial charge is 0.370 e. The molecule has 0 aliphatic heterocycles. The standard InChI is InChI=1S/C15H25N3/c1-5-12-6-8-13(9-7-12)10-11-17-14(16)18-15(2,3)4/h6-9H,5,10-11H2,1-4H3,(H3,16,17,18). The Balaban J connectivity index is 2.42. The summed E-state index contributed by atoms with van der Waals surface area (Å²) in [6, 6.07) is 8.69. The number of guanidine groups is 1. The highest BCUT2D eigenvalue weighted by Crippen LogP contribution is 2.05. The maximum atomic E-state index is 5.81. The van der Waals surface area contributed by atoms with Crippen molar-refractivity contribution in [2.45, 2.75) is 46.1 Å². The molecule has 3 nitrogen and oxygen atoms in total. The summed E-state index contributed by atoms with van der Waals surface area (Å²) in [4.78, 5) is 4.33. The van der Waals surface area contributed by atoms with Crippen molar-refractivity contribution < 1.29 is 0 Å². The summed E-state index contributed by atoms with van der Waals surface area (Å²) < 4.78 is 0. The van der Waals surface area contributed by atoms with Crippen LogP contribution in [-0.4, -0.2) is 18.0 Å². The molecule has 0 aliphatic carbocycles. The second-order valence-electron chi connectivity index (χ2n) is 5.56. The van der Waals surface area contributed by atoms with Gasteiger partial charge < -0.3 is 11.1 Å². The highest BCUT2D eigenvalue weighted by Gasteiger charge is 2.09. The van der Waals surface area contributed by atoms with Crippen LogP contribution in [-0.2, 0) is 12.8 Å². The average Bonchev–Trinajstić information content (AvgIpc) is 2.27. The van der Waals surface area contributed by atoms with Crippen molar-refractivity contribution in [1.29, 1.82) is 0 Å². The van der Waals surface area contributed by atoms with Crippen LogP contribution in [0.2, 0.25) is 0 Å². The van der Waals surface area contributed by atoms with E-state index in [2.05, 4.69) is 62.3 Å². The van der Waals surface area contributed by atoms with Crippen molar-refractivity contribution in [2.24, 2.45) is 10.7 Å². The van der Waals surface area contributed by atoms with Crippen LogP contribution >= 0.6 is 0 Å². The fraction of sp³-hybridized carbons (Fsp3) is 0.533. The Morgan fingerprint density at radius 1 is 1.17 bits per heavy atom. The van der Waals surface area contributed by atoms with Crippen LogP contribution in [0.1, 0.15) is 38.8 Å². The maximum absolute atomic E-state index is 5.81. The van der Waals surface area contributed by atoms with E-state index < -0.39 is 0 Å². The van der Waals surface area contributed by atoms with Gasteiger partial charge in [0.25, 0.3) is 0 Å². The van der Waals surface area contributed by atoms with Crippen LogP contribution in [0.15, 0.2) is 29.3 Å². The second kappa shape index (κ2) is 6.43. The molecule has 1 aromatic rings. The van der Waals surface area contributed by atoms with Crippen molar-refractivity contribution >= 4 is 5.96 Å². The zero-order valence-corrected chi connectivity index (χ0v) is 12.0. The van der Waals surface area contributed by atoms with Crippen LogP contribution in [0.4, 0.5) is 0 Å². The number of nitrogens with two attached hydrogens (primary N) is 1. The lowest BCUT2D eigenvalue weighted by Gasteiger charge is -2.20. The molecule has 0 heterocycles. The van der Waals surface area contributed by atoms with Gasteiger partial charge in [0.1, 0.15) is 0 Å². The summed E-state index contributed by atoms with van der Waals surface area (Å²) in [5.41, 5.74) is 8.45. The average molecular weight is 247 g/mol. The third-order valence-electron chi connectivity index (χ3n) is 2.62. The smallest absolute Gasteiger partial charge is 0.188 e. The lowest BCUT2D eigenvalue weighted by molar-refractivity contribution is 0.508. The molecule has 0 spiro atoms. The molecule has 1 aromatic carbocycles. The molecule has 0 aromatic heterocycles. The Morgan fingerprint density at radius 2 is 1.72 bits per heavy atom. The number of nitrogens with one attached hydrogen (secondary N) is 1. The van der Waals surface area contributed by atoms with E-state index in [0.29, 0.717) is 5.96 Å². The molecular weight excluding hydrogens is 222 g/mol. The fourth-order valence-electron chi connectivity index (χ4n) is 1.67. The molecular formula is C15H25N3. The van der Waals surface area contributed by atoms with E-state index in [1.54, 1.807) is 0 Å². The van der Waals surface area contributed by atoms with Gasteiger partial charge in [-0.05, 0) is 44.7 Å². The minimum Gasteiger partial charge on any atom is -0.370 e. The van der Waals surface area contributed by atoms with Crippen LogP contribution in [0.5, 0.6) is 0 Å². The van der Waals surface area contributed by atoms with E-state index in [0.717, 1.165) is 19.4 Å². The predicted molar refractivity (Wildman–Crippen MR) is 78.9 cm³/mol. The molecule has 3 N–H and O–H groups in total. The number of rotatable bonds is 4. The second-order valence-corrected chi connectivity index (χ2v) is 5.56. The highest BCUT2D eigenvalue weighted by atomic mass is 15.1. The van der Waals surface area contributed by atoms with Crippen LogP contribution < -0.4 is 11.1 Å². The summed E-state index contributed by atoms with van der Waals surface area (Å²) in [6.45, 7) is 9.09. The minimum atomic E-state index is -0.0314. The van der Waals surface area contributed by atoms with E-state index in [4.69, 9.17) is 5.73 Å². The monoisotopic (exact) mass is 247 g/mol. The number of hydrogen-bond acceptors (Lipinski definition) is 1. The quantitative estimate of drug-likeness (QED) is 0.634. The lowest BCUT2D eigenvalue weighted by Crippen LogP contribution is -2.45. The first-order chi connectivity index (χ1) is 8.40. The Kier molecular flexibility index (Phi) is 5.20. The molecule has 18 heavy (non-hydrogen) atoms. The van der Waals surface area contributed by atoms with E-state index in [9.17, 15) is 0 Å². The molecule has 1 rings (SSSR count). The molecule has 100 valence electrons. The van der Waals surface area contributed by atoms with Crippen molar-refractivity contribution in [2.75, 3.05) is 6.54 Å². The van der Waals surface area contributed by atoms with Gasteiger partial charge in [-0.15, -0.1) is 0 Å². The van der Waals surface area contributed by atoms with Crippen molar-refractivity contribution in [3.63, 3.8) is 0 Å². The zero-order valence-electron chi connectivity index (χ0n) is 12.0. The van der Waals surface area contributed by atoms with E-state index in [-0.39, 0.29) is 5.54 Å². The van der Waals surface area contributed by atoms with E-state index in [1.807, 2.05) is 0 Å². The molecule has 0 bridgehead atoms. The Labute approximate surface area is 111 Å². The Morgan fingerprint density at radius 3 is 2.22 bits per heavy atom. The maximum Gasteiger partial charge on any atom is 0.188 e. The Hall–Kier alpha value is -1.51. The topological polar surface area (TPSA) is 50.4 Å². The molecule has 3 heteroatoms. The van der Waals surface area contributed by atoms with Crippen molar-refractivity contribution in [3.8, 4) is 0 Å². The van der Waals surface area contributed by atoms with E-state index >= 15 is 0 Å². The fourth-order valence-corrected chi connectivity index (χ4v) is 1.67. The molecule has 0 atom stereocenters. The number of hydrogen-bond donors (Lipinski definition) is 2. The number of benzene rings is 1. The summed E-state index contributed by atoms with van der Waals surface area (Å²) >= 11 is 0. The first-order valence-corrected chi connectivity index (χ1v) is 6.56. The third kappa shape index (κ3) is 5.71. The van der Waals surface area contributed by atoms with Gasteiger partial charge >= 0.3 is 0 Å². The van der Waals surface area contributed by atoms with Gasteiger partial charge in [0.2, 0.25) is 0 Å².